The number of ether oxygens (including phenoxy) is 2. The zero-order chi connectivity index (χ0) is 20.1. The molecule has 0 spiro atoms. The van der Waals surface area contributed by atoms with Gasteiger partial charge in [-0.05, 0) is 38.8 Å². The van der Waals surface area contributed by atoms with Crippen molar-refractivity contribution in [2.24, 2.45) is 0 Å². The Hall–Kier alpha value is -2.61. The number of carbonyl (C=O) groups is 2. The van der Waals surface area contributed by atoms with Gasteiger partial charge in [0.1, 0.15) is 0 Å². The van der Waals surface area contributed by atoms with Gasteiger partial charge in [0.25, 0.3) is 5.91 Å². The molecule has 0 unspecified atom stereocenters. The zero-order valence-corrected chi connectivity index (χ0v) is 17.2. The Bertz CT molecular complexity index is 828. The van der Waals surface area contributed by atoms with Gasteiger partial charge in [0.15, 0.2) is 23.2 Å². The Balaban J connectivity index is 1.51. The average Bonchev–Trinajstić information content (AvgIpc) is 3.46. The molecule has 28 heavy (non-hydrogen) atoms. The van der Waals surface area contributed by atoms with Crippen LogP contribution in [0.5, 0.6) is 11.5 Å². The Kier molecular flexibility index (Phi) is 6.51. The molecule has 0 bridgehead atoms. The molecule has 0 aliphatic heterocycles. The fourth-order valence-corrected chi connectivity index (χ4v) is 3.62. The third-order valence-corrected chi connectivity index (χ3v) is 5.57. The van der Waals surface area contributed by atoms with Crippen molar-refractivity contribution >= 4 is 28.3 Å². The van der Waals surface area contributed by atoms with Crippen molar-refractivity contribution in [3.05, 3.63) is 34.8 Å². The molecule has 2 amide bonds. The quantitative estimate of drug-likeness (QED) is 0.696. The molecule has 7 nitrogen and oxygen atoms in total. The van der Waals surface area contributed by atoms with Crippen LogP contribution in [0.3, 0.4) is 0 Å². The lowest BCUT2D eigenvalue weighted by Crippen LogP contribution is -2.38. The van der Waals surface area contributed by atoms with Crippen molar-refractivity contribution in [1.29, 1.82) is 0 Å². The van der Waals surface area contributed by atoms with Crippen LogP contribution in [0.4, 0.5) is 5.13 Å². The molecular formula is C20H25N3O4S. The predicted molar refractivity (Wildman–Crippen MR) is 108 cm³/mol. The van der Waals surface area contributed by atoms with E-state index < -0.39 is 0 Å². The number of nitrogens with zero attached hydrogens (tertiary/aromatic N) is 2. The number of hydrogen-bond donors (Lipinski definition) is 1. The molecule has 3 rings (SSSR count). The fourth-order valence-electron chi connectivity index (χ4n) is 2.79. The number of thiazole rings is 1. The minimum atomic E-state index is -0.141. The van der Waals surface area contributed by atoms with Crippen molar-refractivity contribution in [1.82, 2.24) is 9.88 Å². The Morgan fingerprint density at radius 2 is 1.96 bits per heavy atom. The van der Waals surface area contributed by atoms with Gasteiger partial charge in [0.05, 0.1) is 12.8 Å². The molecule has 2 aromatic rings. The van der Waals surface area contributed by atoms with Gasteiger partial charge in [-0.25, -0.2) is 4.98 Å². The molecule has 0 saturated heterocycles. The third-order valence-electron chi connectivity index (χ3n) is 4.58. The summed E-state index contributed by atoms with van der Waals surface area (Å²) in [6.07, 6.45) is 2.16. The number of nitrogens with one attached hydrogen (secondary N) is 1. The first kappa shape index (κ1) is 20.1. The van der Waals surface area contributed by atoms with Gasteiger partial charge in [-0.2, -0.15) is 0 Å². The van der Waals surface area contributed by atoms with E-state index in [1.807, 2.05) is 26.0 Å². The van der Waals surface area contributed by atoms with Crippen molar-refractivity contribution in [3.63, 3.8) is 0 Å². The van der Waals surface area contributed by atoms with Crippen LogP contribution in [0.25, 0.3) is 0 Å². The molecule has 0 atom stereocenters. The van der Waals surface area contributed by atoms with Gasteiger partial charge in [-0.1, -0.05) is 12.1 Å². The topological polar surface area (TPSA) is 80.8 Å². The maximum atomic E-state index is 12.6. The molecule has 1 saturated carbocycles. The molecule has 1 aromatic carbocycles. The minimum Gasteiger partial charge on any atom is -0.493 e. The van der Waals surface area contributed by atoms with Crippen molar-refractivity contribution < 1.29 is 19.1 Å². The summed E-state index contributed by atoms with van der Waals surface area (Å²) in [6, 6.07) is 7.41. The Morgan fingerprint density at radius 3 is 2.57 bits per heavy atom. The number of rotatable bonds is 9. The first-order valence-corrected chi connectivity index (χ1v) is 10.1. The van der Waals surface area contributed by atoms with Crippen LogP contribution < -0.4 is 14.8 Å². The normalized spacial score (nSPS) is 13.1. The second kappa shape index (κ2) is 9.05. The first-order valence-electron chi connectivity index (χ1n) is 9.27. The Morgan fingerprint density at radius 1 is 1.25 bits per heavy atom. The van der Waals surface area contributed by atoms with E-state index in [1.165, 1.54) is 11.3 Å². The zero-order valence-electron chi connectivity index (χ0n) is 16.4. The van der Waals surface area contributed by atoms with Gasteiger partial charge < -0.3 is 19.7 Å². The number of aryl methyl sites for hydroxylation is 2. The average molecular weight is 404 g/mol. The number of carbonyl (C=O) groups excluding carboxylic acids is 2. The van der Waals surface area contributed by atoms with E-state index in [0.29, 0.717) is 23.2 Å². The van der Waals surface area contributed by atoms with Gasteiger partial charge in [-0.3, -0.25) is 9.59 Å². The molecule has 1 aliphatic rings. The van der Waals surface area contributed by atoms with Crippen LogP contribution >= 0.6 is 11.3 Å². The highest BCUT2D eigenvalue weighted by molar-refractivity contribution is 7.15. The molecule has 1 heterocycles. The number of methoxy groups -OCH3 is 1. The summed E-state index contributed by atoms with van der Waals surface area (Å²) < 4.78 is 10.9. The van der Waals surface area contributed by atoms with Gasteiger partial charge in [0, 0.05) is 23.9 Å². The molecular weight excluding hydrogens is 378 g/mol. The molecule has 1 aliphatic carbocycles. The van der Waals surface area contributed by atoms with Crippen molar-refractivity contribution in [2.75, 3.05) is 25.6 Å². The summed E-state index contributed by atoms with van der Waals surface area (Å²) in [4.78, 5) is 32.0. The molecule has 150 valence electrons. The largest absolute Gasteiger partial charge is 0.493 e. The van der Waals surface area contributed by atoms with E-state index in [0.717, 1.165) is 23.4 Å². The second-order valence-electron chi connectivity index (χ2n) is 6.72. The second-order valence-corrected chi connectivity index (χ2v) is 7.92. The molecule has 1 aromatic heterocycles. The summed E-state index contributed by atoms with van der Waals surface area (Å²) in [5, 5.41) is 3.41. The summed E-state index contributed by atoms with van der Waals surface area (Å²) in [5.74, 6) is 0.850. The number of amides is 2. The van der Waals surface area contributed by atoms with Crippen LogP contribution in [-0.2, 0) is 9.59 Å². The van der Waals surface area contributed by atoms with Crippen LogP contribution in [0, 0.1) is 13.8 Å². The molecule has 1 fully saturated rings. The lowest BCUT2D eigenvalue weighted by molar-refractivity contribution is -0.134. The summed E-state index contributed by atoms with van der Waals surface area (Å²) in [5.41, 5.74) is 0.920. The van der Waals surface area contributed by atoms with Crippen molar-refractivity contribution in [3.8, 4) is 11.5 Å². The van der Waals surface area contributed by atoms with E-state index in [9.17, 15) is 9.59 Å². The lowest BCUT2D eigenvalue weighted by Gasteiger charge is -2.22. The van der Waals surface area contributed by atoms with Crippen LogP contribution in [-0.4, -0.2) is 48.0 Å². The van der Waals surface area contributed by atoms with Gasteiger partial charge in [0.2, 0.25) is 5.91 Å². The number of aromatic nitrogens is 1. The standard InChI is InChI=1S/C20H25N3O4S/c1-13-14(2)28-20(21-13)22-18(24)10-11-23(15-8-9-15)19(25)12-27-17-7-5-4-6-16(17)26-3/h4-7,15H,8-12H2,1-3H3,(H,21,22,24). The highest BCUT2D eigenvalue weighted by Crippen LogP contribution is 2.29. The summed E-state index contributed by atoms with van der Waals surface area (Å²) in [7, 11) is 1.56. The summed E-state index contributed by atoms with van der Waals surface area (Å²) in [6.45, 7) is 4.17. The van der Waals surface area contributed by atoms with E-state index in [-0.39, 0.29) is 30.9 Å². The molecule has 8 heteroatoms. The fraction of sp³-hybridized carbons (Fsp3) is 0.450. The number of para-hydroxylation sites is 2. The predicted octanol–water partition coefficient (Wildman–Crippen LogP) is 3.17. The maximum Gasteiger partial charge on any atom is 0.260 e. The summed E-state index contributed by atoms with van der Waals surface area (Å²) >= 11 is 1.46. The maximum absolute atomic E-state index is 12.6. The van der Waals surface area contributed by atoms with Crippen LogP contribution in [0.15, 0.2) is 24.3 Å². The molecule has 0 radical (unpaired) electrons. The van der Waals surface area contributed by atoms with E-state index >= 15 is 0 Å². The van der Waals surface area contributed by atoms with E-state index in [2.05, 4.69) is 10.3 Å². The van der Waals surface area contributed by atoms with Gasteiger partial charge >= 0.3 is 0 Å². The smallest absolute Gasteiger partial charge is 0.260 e. The number of hydrogen-bond acceptors (Lipinski definition) is 6. The highest BCUT2D eigenvalue weighted by atomic mass is 32.1. The minimum absolute atomic E-state index is 0.0800. The van der Waals surface area contributed by atoms with Crippen LogP contribution in [0.2, 0.25) is 0 Å². The number of anilines is 1. The van der Waals surface area contributed by atoms with Crippen molar-refractivity contribution in [2.45, 2.75) is 39.2 Å². The molecule has 1 N–H and O–H groups in total. The van der Waals surface area contributed by atoms with E-state index in [4.69, 9.17) is 9.47 Å². The first-order chi connectivity index (χ1) is 13.5. The third kappa shape index (κ3) is 5.22. The SMILES string of the molecule is COc1ccccc1OCC(=O)N(CCC(=O)Nc1nc(C)c(C)s1)C1CC1. The van der Waals surface area contributed by atoms with Crippen LogP contribution in [0.1, 0.15) is 29.8 Å². The highest BCUT2D eigenvalue weighted by Gasteiger charge is 2.33. The monoisotopic (exact) mass is 403 g/mol. The Labute approximate surface area is 168 Å². The van der Waals surface area contributed by atoms with E-state index in [1.54, 1.807) is 24.1 Å². The van der Waals surface area contributed by atoms with Gasteiger partial charge in [-0.15, -0.1) is 11.3 Å². The number of benzene rings is 1. The lowest BCUT2D eigenvalue weighted by atomic mass is 10.3.